The summed E-state index contributed by atoms with van der Waals surface area (Å²) in [7, 11) is -1.91. The van der Waals surface area contributed by atoms with E-state index in [1.807, 2.05) is 55.5 Å². The third-order valence-electron chi connectivity index (χ3n) is 5.70. The Labute approximate surface area is 203 Å². The molecule has 1 aromatic heterocycles. The van der Waals surface area contributed by atoms with E-state index in [-0.39, 0.29) is 30.3 Å². The molecule has 0 radical (unpaired) electrons. The van der Waals surface area contributed by atoms with E-state index < -0.39 is 10.0 Å². The summed E-state index contributed by atoms with van der Waals surface area (Å²) in [5.74, 6) is 0.0123. The Morgan fingerprint density at radius 2 is 1.79 bits per heavy atom. The summed E-state index contributed by atoms with van der Waals surface area (Å²) in [6, 6.07) is 14.8. The lowest BCUT2D eigenvalue weighted by atomic mass is 10.2. The average molecular weight is 499 g/mol. The number of carbonyl (C=O) groups excluding carboxylic acids is 1. The van der Waals surface area contributed by atoms with Gasteiger partial charge in [-0.2, -0.15) is 4.31 Å². The Balaban J connectivity index is 1.35. The Kier molecular flexibility index (Phi) is 7.20. The van der Waals surface area contributed by atoms with Crippen LogP contribution in [0.15, 0.2) is 63.9 Å². The van der Waals surface area contributed by atoms with E-state index >= 15 is 0 Å². The normalized spacial score (nSPS) is 15.3. The highest BCUT2D eigenvalue weighted by Crippen LogP contribution is 2.19. The Bertz CT molecular complexity index is 1390. The largest absolute Gasteiger partial charge is 0.339 e. The van der Waals surface area contributed by atoms with Crippen molar-refractivity contribution >= 4 is 44.7 Å². The second-order valence-electron chi connectivity index (χ2n) is 8.11. The molecule has 1 aliphatic heterocycles. The molecule has 2 heterocycles. The number of aryl methyl sites for hydroxylation is 1. The summed E-state index contributed by atoms with van der Waals surface area (Å²) in [5.41, 5.74) is 2.25. The zero-order valence-corrected chi connectivity index (χ0v) is 20.7. The molecule has 0 atom stereocenters. The van der Waals surface area contributed by atoms with Gasteiger partial charge in [0.25, 0.3) is 5.56 Å². The first-order valence-corrected chi connectivity index (χ1v) is 13.3. The predicted molar refractivity (Wildman–Crippen MR) is 135 cm³/mol. The van der Waals surface area contributed by atoms with E-state index in [2.05, 4.69) is 4.98 Å². The van der Waals surface area contributed by atoms with Crippen LogP contribution in [0, 0.1) is 6.92 Å². The molecule has 3 aromatic rings. The summed E-state index contributed by atoms with van der Waals surface area (Å²) < 4.78 is 28.1. The molecule has 8 nitrogen and oxygen atoms in total. The monoisotopic (exact) mass is 498 g/mol. The molecule has 1 saturated heterocycles. The maximum atomic E-state index is 12.8. The van der Waals surface area contributed by atoms with E-state index in [4.69, 9.17) is 0 Å². The van der Waals surface area contributed by atoms with Gasteiger partial charge in [0, 0.05) is 38.6 Å². The lowest BCUT2D eigenvalue weighted by Gasteiger charge is -2.33. The van der Waals surface area contributed by atoms with Crippen molar-refractivity contribution in [2.45, 2.75) is 12.1 Å². The molecule has 0 unspecified atom stereocenters. The molecule has 2 aromatic carbocycles. The van der Waals surface area contributed by atoms with E-state index in [0.717, 1.165) is 11.1 Å². The van der Waals surface area contributed by atoms with E-state index in [9.17, 15) is 18.0 Å². The van der Waals surface area contributed by atoms with Crippen LogP contribution in [-0.4, -0.2) is 65.0 Å². The minimum Gasteiger partial charge on any atom is -0.339 e. The number of amides is 1. The first-order chi connectivity index (χ1) is 16.2. The number of hydrogen-bond donors (Lipinski definition) is 0. The molecule has 0 spiro atoms. The Morgan fingerprint density at radius 1 is 1.09 bits per heavy atom. The summed E-state index contributed by atoms with van der Waals surface area (Å²) >= 11 is 1.21. The summed E-state index contributed by atoms with van der Waals surface area (Å²) in [4.78, 5) is 31.6. The first kappa shape index (κ1) is 24.2. The van der Waals surface area contributed by atoms with Gasteiger partial charge in [-0.25, -0.2) is 13.4 Å². The number of piperazine rings is 1. The standard InChI is InChI=1S/C24H26N4O4S2/c1-18-8-9-21-20(16-18)23(30)26(2)24(25-21)33-17-22(29)27-11-13-28(14-12-27)34(31,32)15-10-19-6-4-3-5-7-19/h3-10,15-16H,11-14,17H2,1-2H3/b15-10+. The number of fused-ring (bicyclic) bond motifs is 1. The maximum absolute atomic E-state index is 12.8. The zero-order valence-electron chi connectivity index (χ0n) is 19.0. The van der Waals surface area contributed by atoms with Gasteiger partial charge in [0.05, 0.1) is 16.7 Å². The van der Waals surface area contributed by atoms with Crippen molar-refractivity contribution in [2.75, 3.05) is 31.9 Å². The minimum absolute atomic E-state index is 0.111. The number of hydrogen-bond acceptors (Lipinski definition) is 6. The number of sulfonamides is 1. The molecule has 178 valence electrons. The second kappa shape index (κ2) is 10.1. The SMILES string of the molecule is Cc1ccc2nc(SCC(=O)N3CCN(S(=O)(=O)/C=C/c4ccccc4)CC3)n(C)c(=O)c2c1. The molecule has 0 aliphatic carbocycles. The van der Waals surface area contributed by atoms with Gasteiger partial charge in [0.1, 0.15) is 0 Å². The molecule has 0 bridgehead atoms. The van der Waals surface area contributed by atoms with Crippen molar-refractivity contribution in [1.29, 1.82) is 0 Å². The van der Waals surface area contributed by atoms with Crippen LogP contribution in [-0.2, 0) is 21.9 Å². The number of aromatic nitrogens is 2. The van der Waals surface area contributed by atoms with E-state index in [1.165, 1.54) is 26.0 Å². The van der Waals surface area contributed by atoms with Crippen LogP contribution in [0.5, 0.6) is 0 Å². The quantitative estimate of drug-likeness (QED) is 0.383. The van der Waals surface area contributed by atoms with E-state index in [1.54, 1.807) is 18.0 Å². The molecule has 10 heteroatoms. The first-order valence-electron chi connectivity index (χ1n) is 10.9. The molecule has 0 saturated carbocycles. The smallest absolute Gasteiger partial charge is 0.261 e. The van der Waals surface area contributed by atoms with Crippen LogP contribution in [0.1, 0.15) is 11.1 Å². The van der Waals surface area contributed by atoms with Crippen molar-refractivity contribution in [2.24, 2.45) is 7.05 Å². The molecular weight excluding hydrogens is 472 g/mol. The van der Waals surface area contributed by atoms with Crippen LogP contribution in [0.25, 0.3) is 17.0 Å². The van der Waals surface area contributed by atoms with Crippen LogP contribution < -0.4 is 5.56 Å². The van der Waals surface area contributed by atoms with Gasteiger partial charge in [-0.3, -0.25) is 14.2 Å². The minimum atomic E-state index is -3.56. The van der Waals surface area contributed by atoms with Gasteiger partial charge in [-0.1, -0.05) is 53.7 Å². The molecule has 1 fully saturated rings. The summed E-state index contributed by atoms with van der Waals surface area (Å²) in [5, 5.41) is 2.24. The van der Waals surface area contributed by atoms with Crippen molar-refractivity contribution in [3.63, 3.8) is 0 Å². The maximum Gasteiger partial charge on any atom is 0.261 e. The Morgan fingerprint density at radius 3 is 2.50 bits per heavy atom. The Hall–Kier alpha value is -2.95. The molecule has 4 rings (SSSR count). The lowest BCUT2D eigenvalue weighted by molar-refractivity contribution is -0.129. The highest BCUT2D eigenvalue weighted by Gasteiger charge is 2.27. The number of rotatable bonds is 6. The number of carbonyl (C=O) groups is 1. The van der Waals surface area contributed by atoms with Gasteiger partial charge in [0.15, 0.2) is 5.16 Å². The van der Waals surface area contributed by atoms with Gasteiger partial charge >= 0.3 is 0 Å². The second-order valence-corrected chi connectivity index (χ2v) is 10.9. The third kappa shape index (κ3) is 5.40. The van der Waals surface area contributed by atoms with Crippen LogP contribution in [0.3, 0.4) is 0 Å². The van der Waals surface area contributed by atoms with Gasteiger partial charge in [-0.15, -0.1) is 0 Å². The van der Waals surface area contributed by atoms with Crippen molar-refractivity contribution in [1.82, 2.24) is 18.8 Å². The molecule has 0 N–H and O–H groups in total. The summed E-state index contributed by atoms with van der Waals surface area (Å²) in [6.07, 6.45) is 1.58. The summed E-state index contributed by atoms with van der Waals surface area (Å²) in [6.45, 7) is 3.04. The fourth-order valence-corrected chi connectivity index (χ4v) is 5.77. The van der Waals surface area contributed by atoms with Crippen LogP contribution in [0.2, 0.25) is 0 Å². The van der Waals surface area contributed by atoms with Gasteiger partial charge in [0.2, 0.25) is 15.9 Å². The van der Waals surface area contributed by atoms with Crippen molar-refractivity contribution in [3.8, 4) is 0 Å². The number of benzene rings is 2. The lowest BCUT2D eigenvalue weighted by Crippen LogP contribution is -2.50. The molecule has 1 amide bonds. The molecule has 1 aliphatic rings. The highest BCUT2D eigenvalue weighted by atomic mass is 32.2. The van der Waals surface area contributed by atoms with Gasteiger partial charge < -0.3 is 4.90 Å². The number of nitrogens with zero attached hydrogens (tertiary/aromatic N) is 4. The number of thioether (sulfide) groups is 1. The molecular formula is C24H26N4O4S2. The topological polar surface area (TPSA) is 92.6 Å². The van der Waals surface area contributed by atoms with Crippen molar-refractivity contribution in [3.05, 3.63) is 75.4 Å². The van der Waals surface area contributed by atoms with Crippen LogP contribution in [0.4, 0.5) is 0 Å². The fourth-order valence-electron chi connectivity index (χ4n) is 3.72. The fraction of sp³-hybridized carbons (Fsp3) is 0.292. The predicted octanol–water partition coefficient (Wildman–Crippen LogP) is 2.48. The van der Waals surface area contributed by atoms with E-state index in [0.29, 0.717) is 29.1 Å². The van der Waals surface area contributed by atoms with Crippen LogP contribution >= 0.6 is 11.8 Å². The van der Waals surface area contributed by atoms with Gasteiger partial charge in [-0.05, 0) is 30.7 Å². The highest BCUT2D eigenvalue weighted by molar-refractivity contribution is 7.99. The average Bonchev–Trinajstić information content (AvgIpc) is 2.85. The zero-order chi connectivity index (χ0) is 24.3. The third-order valence-corrected chi connectivity index (χ3v) is 8.28. The molecule has 34 heavy (non-hydrogen) atoms. The van der Waals surface area contributed by atoms with Crippen molar-refractivity contribution < 1.29 is 13.2 Å².